The van der Waals surface area contributed by atoms with Crippen LogP contribution < -0.4 is 16.0 Å². The minimum Gasteiger partial charge on any atom is -0.369 e. The van der Waals surface area contributed by atoms with Gasteiger partial charge < -0.3 is 20.9 Å². The van der Waals surface area contributed by atoms with Crippen molar-refractivity contribution in [1.29, 1.82) is 0 Å². The minimum absolute atomic E-state index is 0.0687. The van der Waals surface area contributed by atoms with Gasteiger partial charge in [-0.25, -0.2) is 14.8 Å². The molecule has 38 heavy (non-hydrogen) atoms. The molecule has 0 spiro atoms. The number of likely N-dealkylation sites (N-methyl/N-ethyl adjacent to an activating group) is 1. The first-order valence-corrected chi connectivity index (χ1v) is 13.8. The molecule has 200 valence electrons. The van der Waals surface area contributed by atoms with E-state index in [1.54, 1.807) is 11.3 Å². The van der Waals surface area contributed by atoms with Crippen molar-refractivity contribution < 1.29 is 4.79 Å². The number of thiazole rings is 1. The summed E-state index contributed by atoms with van der Waals surface area (Å²) in [5.74, 6) is 0.950. The van der Waals surface area contributed by atoms with E-state index in [0.717, 1.165) is 52.1 Å². The van der Waals surface area contributed by atoms with E-state index in [9.17, 15) is 4.79 Å². The molecule has 0 fully saturated rings. The quantitative estimate of drug-likeness (QED) is 0.308. The highest BCUT2D eigenvalue weighted by molar-refractivity contribution is 7.12. The van der Waals surface area contributed by atoms with Gasteiger partial charge in [0.2, 0.25) is 0 Å². The maximum Gasteiger partial charge on any atom is 0.323 e. The summed E-state index contributed by atoms with van der Waals surface area (Å²) in [6, 6.07) is 11.6. The Hall–Kier alpha value is -3.49. The summed E-state index contributed by atoms with van der Waals surface area (Å²) >= 11 is 1.75. The van der Waals surface area contributed by atoms with Gasteiger partial charge in [-0.15, -0.1) is 11.3 Å². The van der Waals surface area contributed by atoms with Crippen LogP contribution in [-0.2, 0) is 5.41 Å². The Morgan fingerprint density at radius 1 is 1.13 bits per heavy atom. The summed E-state index contributed by atoms with van der Waals surface area (Å²) in [5.41, 5.74) is 4.75. The van der Waals surface area contributed by atoms with E-state index in [1.807, 2.05) is 55.6 Å². The molecule has 3 N–H and O–H groups in total. The number of urea groups is 1. The zero-order chi connectivity index (χ0) is 27.3. The second-order valence-corrected chi connectivity index (χ2v) is 12.0. The normalized spacial score (nSPS) is 15.3. The van der Waals surface area contributed by atoms with Crippen LogP contribution in [0.3, 0.4) is 0 Å². The van der Waals surface area contributed by atoms with Crippen molar-refractivity contribution >= 4 is 28.9 Å². The standard InChI is InChI=1S/C30H38N6OS/c1-20-10-12-23(13-11-20)33-29(37)34-24-9-7-8-22(18-24)27-26(35-28(38-27)30(2,3)4)21-14-15-31-25(19-21)32-16-17-36(5)6/h7-15,19,22H,16-18H2,1-6H3,(H,31,32)(H2,33,34,37). The Labute approximate surface area is 230 Å². The lowest BCUT2D eigenvalue weighted by atomic mass is 9.94. The minimum atomic E-state index is -0.239. The van der Waals surface area contributed by atoms with Gasteiger partial charge in [-0.2, -0.15) is 0 Å². The van der Waals surface area contributed by atoms with Crippen molar-refractivity contribution in [2.75, 3.05) is 37.8 Å². The second-order valence-electron chi connectivity index (χ2n) is 11.0. The molecule has 2 aromatic heterocycles. The van der Waals surface area contributed by atoms with Crippen LogP contribution in [0.1, 0.15) is 48.6 Å². The summed E-state index contributed by atoms with van der Waals surface area (Å²) in [7, 11) is 4.12. The molecule has 1 atom stereocenters. The third-order valence-corrected chi connectivity index (χ3v) is 7.81. The number of pyridine rings is 1. The second kappa shape index (κ2) is 11.9. The predicted molar refractivity (Wildman–Crippen MR) is 159 cm³/mol. The summed E-state index contributed by atoms with van der Waals surface area (Å²) in [5, 5.41) is 10.5. The van der Waals surface area contributed by atoms with Gasteiger partial charge in [0.15, 0.2) is 0 Å². The average Bonchev–Trinajstić information content (AvgIpc) is 3.32. The number of rotatable bonds is 8. The van der Waals surface area contributed by atoms with E-state index in [2.05, 4.69) is 72.8 Å². The van der Waals surface area contributed by atoms with E-state index in [4.69, 9.17) is 4.98 Å². The van der Waals surface area contributed by atoms with E-state index >= 15 is 0 Å². The number of benzene rings is 1. The average molecular weight is 531 g/mol. The number of carbonyl (C=O) groups is 1. The molecule has 1 aliphatic carbocycles. The van der Waals surface area contributed by atoms with Gasteiger partial charge in [0.05, 0.1) is 10.7 Å². The number of nitrogens with zero attached hydrogens (tertiary/aromatic N) is 3. The number of carbonyl (C=O) groups excluding carboxylic acids is 1. The summed E-state index contributed by atoms with van der Waals surface area (Å²) in [6.45, 7) is 10.3. The highest BCUT2D eigenvalue weighted by Crippen LogP contribution is 2.42. The predicted octanol–water partition coefficient (Wildman–Crippen LogP) is 6.53. The molecule has 4 rings (SSSR count). The molecule has 2 heterocycles. The van der Waals surface area contributed by atoms with Gasteiger partial charge in [0, 0.05) is 52.4 Å². The molecule has 0 aliphatic heterocycles. The molecule has 0 bridgehead atoms. The lowest BCUT2D eigenvalue weighted by molar-refractivity contribution is 0.254. The number of aryl methyl sites for hydroxylation is 1. The van der Waals surface area contributed by atoms with Gasteiger partial charge in [-0.05, 0) is 57.8 Å². The molecule has 1 aliphatic rings. The maximum atomic E-state index is 12.7. The lowest BCUT2D eigenvalue weighted by Gasteiger charge is -2.20. The Kier molecular flexibility index (Phi) is 8.64. The van der Waals surface area contributed by atoms with E-state index in [-0.39, 0.29) is 17.4 Å². The van der Waals surface area contributed by atoms with Crippen molar-refractivity contribution in [2.45, 2.75) is 45.4 Å². The summed E-state index contributed by atoms with van der Waals surface area (Å²) < 4.78 is 0. The van der Waals surface area contributed by atoms with Crippen molar-refractivity contribution in [1.82, 2.24) is 20.2 Å². The Balaban J connectivity index is 1.54. The smallest absolute Gasteiger partial charge is 0.323 e. The van der Waals surface area contributed by atoms with Crippen LogP contribution in [0.2, 0.25) is 0 Å². The lowest BCUT2D eigenvalue weighted by Crippen LogP contribution is -2.29. The highest BCUT2D eigenvalue weighted by atomic mass is 32.1. The van der Waals surface area contributed by atoms with Crippen molar-refractivity contribution in [3.05, 3.63) is 82.0 Å². The maximum absolute atomic E-state index is 12.7. The number of hydrogen-bond donors (Lipinski definition) is 3. The molecule has 7 nitrogen and oxygen atoms in total. The molecular weight excluding hydrogens is 492 g/mol. The van der Waals surface area contributed by atoms with Crippen LogP contribution in [0, 0.1) is 6.92 Å². The van der Waals surface area contributed by atoms with Crippen LogP contribution in [0.4, 0.5) is 16.3 Å². The van der Waals surface area contributed by atoms with Crippen molar-refractivity contribution in [3.63, 3.8) is 0 Å². The molecule has 3 aromatic rings. The molecule has 0 saturated carbocycles. The number of nitrogens with one attached hydrogen (secondary N) is 3. The first-order valence-electron chi connectivity index (χ1n) is 13.0. The topological polar surface area (TPSA) is 82.2 Å². The van der Waals surface area contributed by atoms with Gasteiger partial charge in [-0.3, -0.25) is 0 Å². The molecule has 0 saturated heterocycles. The zero-order valence-electron chi connectivity index (χ0n) is 23.1. The Morgan fingerprint density at radius 2 is 1.89 bits per heavy atom. The number of allylic oxidation sites excluding steroid dienone is 4. The van der Waals surface area contributed by atoms with Gasteiger partial charge in [0.1, 0.15) is 5.82 Å². The van der Waals surface area contributed by atoms with Crippen LogP contribution in [0.15, 0.2) is 66.5 Å². The molecule has 1 unspecified atom stereocenters. The fourth-order valence-corrected chi connectivity index (χ4v) is 5.31. The van der Waals surface area contributed by atoms with Gasteiger partial charge in [0.25, 0.3) is 0 Å². The number of anilines is 2. The molecule has 8 heteroatoms. The van der Waals surface area contributed by atoms with Crippen LogP contribution in [0.5, 0.6) is 0 Å². The van der Waals surface area contributed by atoms with E-state index < -0.39 is 0 Å². The first kappa shape index (κ1) is 27.5. The third-order valence-electron chi connectivity index (χ3n) is 6.19. The van der Waals surface area contributed by atoms with Gasteiger partial charge in [-0.1, -0.05) is 50.6 Å². The van der Waals surface area contributed by atoms with Crippen LogP contribution in [-0.4, -0.2) is 48.1 Å². The fraction of sp³-hybridized carbons (Fsp3) is 0.367. The summed E-state index contributed by atoms with van der Waals surface area (Å²) in [6.07, 6.45) is 8.72. The van der Waals surface area contributed by atoms with Crippen LogP contribution in [0.25, 0.3) is 11.3 Å². The fourth-order valence-electron chi connectivity index (χ4n) is 4.09. The molecule has 0 radical (unpaired) electrons. The monoisotopic (exact) mass is 530 g/mol. The number of amides is 2. The van der Waals surface area contributed by atoms with Crippen molar-refractivity contribution in [2.24, 2.45) is 0 Å². The number of hydrogen-bond acceptors (Lipinski definition) is 6. The van der Waals surface area contributed by atoms with E-state index in [0.29, 0.717) is 6.42 Å². The Morgan fingerprint density at radius 3 is 2.61 bits per heavy atom. The van der Waals surface area contributed by atoms with Crippen molar-refractivity contribution in [3.8, 4) is 11.3 Å². The SMILES string of the molecule is Cc1ccc(NC(=O)NC2=CC=CC(c3sc(C(C)(C)C)nc3-c3ccnc(NCCN(C)C)c3)C2)cc1. The summed E-state index contributed by atoms with van der Waals surface area (Å²) in [4.78, 5) is 25.7. The highest BCUT2D eigenvalue weighted by Gasteiger charge is 2.27. The molecule has 1 aromatic carbocycles. The molecule has 2 amide bonds. The largest absolute Gasteiger partial charge is 0.369 e. The first-order chi connectivity index (χ1) is 18.1. The Bertz CT molecular complexity index is 1320. The third kappa shape index (κ3) is 7.30. The van der Waals surface area contributed by atoms with Crippen LogP contribution >= 0.6 is 11.3 Å². The number of aromatic nitrogens is 2. The van der Waals surface area contributed by atoms with E-state index in [1.165, 1.54) is 4.88 Å². The molecular formula is C30H38N6OS. The zero-order valence-corrected chi connectivity index (χ0v) is 23.9. The van der Waals surface area contributed by atoms with Gasteiger partial charge >= 0.3 is 6.03 Å².